The Morgan fingerprint density at radius 2 is 1.79 bits per heavy atom. The molecule has 2 saturated heterocycles. The second-order valence-electron chi connectivity index (χ2n) is 9.90. The Morgan fingerprint density at radius 1 is 1.03 bits per heavy atom. The van der Waals surface area contributed by atoms with Crippen LogP contribution in [0.25, 0.3) is 10.9 Å². The number of likely N-dealkylation sites (N-methyl/N-ethyl adjacent to an activating group) is 1. The monoisotopic (exact) mass is 515 g/mol. The number of piperazine rings is 1. The zero-order valence-corrected chi connectivity index (χ0v) is 21.5. The minimum Gasteiger partial charge on any atom is -0.435 e. The molecule has 0 spiro atoms. The lowest BCUT2D eigenvalue weighted by Crippen LogP contribution is -2.44. The molecule has 2 aromatic carbocycles. The fraction of sp³-hybridized carbons (Fsp3) is 0.321. The molecule has 196 valence electrons. The van der Waals surface area contributed by atoms with Gasteiger partial charge in [-0.2, -0.15) is 0 Å². The normalized spacial score (nSPS) is 16.0. The minimum absolute atomic E-state index is 0.00432. The van der Waals surface area contributed by atoms with Crippen LogP contribution in [-0.2, 0) is 0 Å². The van der Waals surface area contributed by atoms with Crippen LogP contribution < -0.4 is 15.0 Å². The van der Waals surface area contributed by atoms with Gasteiger partial charge in [0.15, 0.2) is 17.4 Å². The van der Waals surface area contributed by atoms with E-state index in [9.17, 15) is 4.79 Å². The smallest absolute Gasteiger partial charge is 0.263 e. The molecule has 0 radical (unpaired) electrons. The Kier molecular flexibility index (Phi) is 6.32. The van der Waals surface area contributed by atoms with Gasteiger partial charge in [0.05, 0.1) is 0 Å². The summed E-state index contributed by atoms with van der Waals surface area (Å²) < 4.78 is 21.2. The molecular weight excluding hydrogens is 485 g/mol. The number of aromatic amines is 1. The van der Waals surface area contributed by atoms with Gasteiger partial charge < -0.3 is 29.7 Å². The van der Waals surface area contributed by atoms with E-state index in [-0.39, 0.29) is 23.1 Å². The van der Waals surface area contributed by atoms with E-state index in [0.29, 0.717) is 29.8 Å². The molecule has 1 amide bonds. The van der Waals surface area contributed by atoms with Crippen LogP contribution in [0.1, 0.15) is 22.5 Å². The molecule has 2 aliphatic heterocycles. The second-order valence-corrected chi connectivity index (χ2v) is 9.90. The fourth-order valence-corrected chi connectivity index (χ4v) is 4.84. The third kappa shape index (κ3) is 4.63. The van der Waals surface area contributed by atoms with Crippen LogP contribution in [0.3, 0.4) is 0 Å². The van der Waals surface area contributed by atoms with Crippen molar-refractivity contribution < 1.29 is 13.9 Å². The summed E-state index contributed by atoms with van der Waals surface area (Å²) in [7, 11) is 2.14. The number of nitrogens with one attached hydrogen (secondary N) is 2. The summed E-state index contributed by atoms with van der Waals surface area (Å²) in [5, 5.41) is 3.68. The van der Waals surface area contributed by atoms with Crippen LogP contribution in [0.15, 0.2) is 48.8 Å². The van der Waals surface area contributed by atoms with Crippen molar-refractivity contribution in [2.24, 2.45) is 0 Å². The van der Waals surface area contributed by atoms with Gasteiger partial charge in [-0.15, -0.1) is 0 Å². The molecule has 2 aromatic heterocycles. The van der Waals surface area contributed by atoms with Gasteiger partial charge in [0.25, 0.3) is 5.91 Å². The molecule has 2 aliphatic rings. The Labute approximate surface area is 220 Å². The second kappa shape index (κ2) is 9.94. The van der Waals surface area contributed by atoms with Crippen LogP contribution in [0.5, 0.6) is 11.6 Å². The average molecular weight is 516 g/mol. The molecule has 0 atom stereocenters. The molecule has 4 heterocycles. The highest BCUT2D eigenvalue weighted by Gasteiger charge is 2.30. The first-order valence-corrected chi connectivity index (χ1v) is 12.9. The van der Waals surface area contributed by atoms with E-state index in [2.05, 4.69) is 49.2 Å². The zero-order chi connectivity index (χ0) is 26.2. The summed E-state index contributed by atoms with van der Waals surface area (Å²) in [6.07, 6.45) is 2.25. The van der Waals surface area contributed by atoms with Crippen molar-refractivity contribution in [3.63, 3.8) is 0 Å². The topological polar surface area (TPSA) is 89.6 Å². The standard InChI is InChI=1S/C28H30FN7O2/c1-18-16-21-22(32-18)8-9-23(25(21)29)38-27-24(28(37)36-10-3-11-36)26(30-17-31-27)33-19-4-6-20(7-5-19)35-14-12-34(2)13-15-35/h4-9,16-17,32H,3,10-15H2,1-2H3,(H,30,31,33). The number of ether oxygens (including phenoxy) is 1. The van der Waals surface area contributed by atoms with Gasteiger partial charge in [-0.1, -0.05) is 0 Å². The number of carbonyl (C=O) groups excluding carboxylic acids is 1. The lowest BCUT2D eigenvalue weighted by atomic mass is 10.1. The third-order valence-corrected chi connectivity index (χ3v) is 7.21. The van der Waals surface area contributed by atoms with Gasteiger partial charge in [-0.05, 0) is 62.9 Å². The molecule has 9 nitrogen and oxygen atoms in total. The molecule has 2 fully saturated rings. The van der Waals surface area contributed by atoms with Crippen LogP contribution in [0.2, 0.25) is 0 Å². The molecule has 0 unspecified atom stereocenters. The fourth-order valence-electron chi connectivity index (χ4n) is 4.84. The number of likely N-dealkylation sites (tertiary alicyclic amines) is 1. The van der Waals surface area contributed by atoms with Crippen LogP contribution in [-0.4, -0.2) is 77.0 Å². The Hall–Kier alpha value is -4.18. The van der Waals surface area contributed by atoms with E-state index < -0.39 is 5.82 Å². The van der Waals surface area contributed by atoms with E-state index in [1.807, 2.05) is 19.1 Å². The van der Waals surface area contributed by atoms with Gasteiger partial charge >= 0.3 is 0 Å². The first-order chi connectivity index (χ1) is 18.5. The Morgan fingerprint density at radius 3 is 2.50 bits per heavy atom. The molecule has 38 heavy (non-hydrogen) atoms. The van der Waals surface area contributed by atoms with Gasteiger partial charge in [-0.3, -0.25) is 4.79 Å². The summed E-state index contributed by atoms with van der Waals surface area (Å²) in [6.45, 7) is 7.18. The predicted molar refractivity (Wildman–Crippen MR) is 145 cm³/mol. The number of aryl methyl sites for hydroxylation is 1. The van der Waals surface area contributed by atoms with Gasteiger partial charge in [0, 0.05) is 67.2 Å². The van der Waals surface area contributed by atoms with E-state index in [1.165, 1.54) is 12.4 Å². The molecule has 10 heteroatoms. The molecule has 0 aliphatic carbocycles. The van der Waals surface area contributed by atoms with Crippen molar-refractivity contribution in [3.8, 4) is 11.6 Å². The van der Waals surface area contributed by atoms with E-state index in [4.69, 9.17) is 4.74 Å². The number of fused-ring (bicyclic) bond motifs is 1. The summed E-state index contributed by atoms with van der Waals surface area (Å²) >= 11 is 0. The van der Waals surface area contributed by atoms with Crippen LogP contribution in [0.4, 0.5) is 21.6 Å². The van der Waals surface area contributed by atoms with Gasteiger partial charge in [0.1, 0.15) is 11.9 Å². The number of aromatic nitrogens is 3. The van der Waals surface area contributed by atoms with E-state index >= 15 is 4.39 Å². The number of carbonyl (C=O) groups is 1. The summed E-state index contributed by atoms with van der Waals surface area (Å²) in [4.78, 5) is 31.6. The zero-order valence-electron chi connectivity index (χ0n) is 21.5. The largest absolute Gasteiger partial charge is 0.435 e. The molecule has 6 rings (SSSR count). The maximum Gasteiger partial charge on any atom is 0.263 e. The molecule has 4 aromatic rings. The van der Waals surface area contributed by atoms with Crippen molar-refractivity contribution in [3.05, 3.63) is 65.9 Å². The molecular formula is C28H30FN7O2. The first-order valence-electron chi connectivity index (χ1n) is 12.9. The number of H-pyrrole nitrogens is 1. The predicted octanol–water partition coefficient (Wildman–Crippen LogP) is 4.54. The number of rotatable bonds is 6. The van der Waals surface area contributed by atoms with Crippen molar-refractivity contribution in [1.29, 1.82) is 0 Å². The number of anilines is 3. The minimum atomic E-state index is -0.512. The highest BCUT2D eigenvalue weighted by molar-refractivity contribution is 6.02. The molecule has 0 saturated carbocycles. The highest BCUT2D eigenvalue weighted by Crippen LogP contribution is 2.34. The van der Waals surface area contributed by atoms with Crippen molar-refractivity contribution in [2.75, 3.05) is 56.5 Å². The van der Waals surface area contributed by atoms with Crippen molar-refractivity contribution >= 4 is 34.0 Å². The molecule has 2 N–H and O–H groups in total. The third-order valence-electron chi connectivity index (χ3n) is 7.21. The Balaban J connectivity index is 1.30. The lowest BCUT2D eigenvalue weighted by molar-refractivity contribution is 0.0649. The van der Waals surface area contributed by atoms with Crippen molar-refractivity contribution in [2.45, 2.75) is 13.3 Å². The SMILES string of the molecule is Cc1cc2c(F)c(Oc3ncnc(Nc4ccc(N5CCN(C)CC5)cc4)c3C(=O)N3CCC3)ccc2[nH]1. The number of hydrogen-bond acceptors (Lipinski definition) is 7. The van der Waals surface area contributed by atoms with Crippen LogP contribution >= 0.6 is 0 Å². The Bertz CT molecular complexity index is 1470. The van der Waals surface area contributed by atoms with E-state index in [1.54, 1.807) is 17.0 Å². The average Bonchev–Trinajstić information content (AvgIpc) is 3.27. The maximum atomic E-state index is 15.3. The van der Waals surface area contributed by atoms with Crippen molar-refractivity contribution in [1.82, 2.24) is 24.8 Å². The maximum absolute atomic E-state index is 15.3. The first kappa shape index (κ1) is 24.2. The highest BCUT2D eigenvalue weighted by atomic mass is 19.1. The quantitative estimate of drug-likeness (QED) is 0.390. The number of amides is 1. The lowest BCUT2D eigenvalue weighted by Gasteiger charge is -2.34. The number of halogens is 1. The van der Waals surface area contributed by atoms with Crippen LogP contribution in [0, 0.1) is 12.7 Å². The summed E-state index contributed by atoms with van der Waals surface area (Å²) in [6, 6.07) is 13.1. The van der Waals surface area contributed by atoms with Gasteiger partial charge in [-0.25, -0.2) is 14.4 Å². The van der Waals surface area contributed by atoms with E-state index in [0.717, 1.165) is 49.7 Å². The summed E-state index contributed by atoms with van der Waals surface area (Å²) in [5.41, 5.74) is 3.63. The molecule has 0 bridgehead atoms. The van der Waals surface area contributed by atoms with Gasteiger partial charge in [0.2, 0.25) is 5.88 Å². The number of hydrogen-bond donors (Lipinski definition) is 2. The number of nitrogens with zero attached hydrogens (tertiary/aromatic N) is 5. The number of benzene rings is 2. The summed E-state index contributed by atoms with van der Waals surface area (Å²) in [5.74, 6) is -0.434.